The van der Waals surface area contributed by atoms with Gasteiger partial charge in [-0.2, -0.15) is 0 Å². The fourth-order valence-corrected chi connectivity index (χ4v) is 0.789. The van der Waals surface area contributed by atoms with Crippen molar-refractivity contribution in [1.82, 2.24) is 10.7 Å². The summed E-state index contributed by atoms with van der Waals surface area (Å²) in [6.45, 7) is 2.64. The standard InChI is InChI=1S/C7H17FN2/c1-3-4-5-6-7-10(8)9-2/h9H,3-7H2,1-2H3. The topological polar surface area (TPSA) is 15.3 Å². The van der Waals surface area contributed by atoms with Gasteiger partial charge in [0.1, 0.15) is 0 Å². The largest absolute Gasteiger partial charge is 0.231 e. The summed E-state index contributed by atoms with van der Waals surface area (Å²) < 4.78 is 12.3. The van der Waals surface area contributed by atoms with E-state index in [1.54, 1.807) is 7.05 Å². The third kappa shape index (κ3) is 5.98. The first-order valence-electron chi connectivity index (χ1n) is 3.92. The second kappa shape index (κ2) is 6.96. The minimum absolute atomic E-state index is 0.497. The van der Waals surface area contributed by atoms with E-state index in [1.807, 2.05) is 0 Å². The smallest absolute Gasteiger partial charge is 0.0452 e. The van der Waals surface area contributed by atoms with Gasteiger partial charge in [0.15, 0.2) is 0 Å². The molecule has 0 radical (unpaired) electrons. The number of nitrogens with one attached hydrogen (secondary N) is 1. The Bertz CT molecular complexity index is 68.6. The average Bonchev–Trinajstić information content (AvgIpc) is 1.98. The molecule has 0 saturated carbocycles. The number of hydrogen-bond acceptors (Lipinski definition) is 2. The van der Waals surface area contributed by atoms with Crippen LogP contribution >= 0.6 is 0 Å². The third-order valence-electron chi connectivity index (χ3n) is 1.45. The van der Waals surface area contributed by atoms with Crippen molar-refractivity contribution in [3.05, 3.63) is 0 Å². The van der Waals surface area contributed by atoms with E-state index >= 15 is 0 Å². The van der Waals surface area contributed by atoms with Gasteiger partial charge in [-0.25, -0.2) is 5.43 Å². The van der Waals surface area contributed by atoms with E-state index in [9.17, 15) is 4.48 Å². The molecule has 0 bridgehead atoms. The van der Waals surface area contributed by atoms with Gasteiger partial charge >= 0.3 is 0 Å². The molecule has 62 valence electrons. The number of hydrazine groups is 1. The fourth-order valence-electron chi connectivity index (χ4n) is 0.789. The molecule has 0 aliphatic carbocycles. The summed E-state index contributed by atoms with van der Waals surface area (Å²) in [6.07, 6.45) is 4.47. The van der Waals surface area contributed by atoms with Gasteiger partial charge in [0, 0.05) is 13.6 Å². The van der Waals surface area contributed by atoms with Crippen LogP contribution in [0.3, 0.4) is 0 Å². The molecule has 10 heavy (non-hydrogen) atoms. The molecule has 0 rings (SSSR count). The summed E-state index contributed by atoms with van der Waals surface area (Å²) in [5.74, 6) is 0. The van der Waals surface area contributed by atoms with Gasteiger partial charge < -0.3 is 0 Å². The van der Waals surface area contributed by atoms with Crippen LogP contribution in [0.2, 0.25) is 0 Å². The maximum Gasteiger partial charge on any atom is 0.0452 e. The first-order chi connectivity index (χ1) is 4.81. The fraction of sp³-hybridized carbons (Fsp3) is 1.00. The van der Waals surface area contributed by atoms with Crippen molar-refractivity contribution in [2.24, 2.45) is 0 Å². The average molecular weight is 148 g/mol. The van der Waals surface area contributed by atoms with Crippen LogP contribution in [0.15, 0.2) is 0 Å². The highest BCUT2D eigenvalue weighted by Crippen LogP contribution is 1.99. The van der Waals surface area contributed by atoms with Crippen LogP contribution in [0.1, 0.15) is 32.6 Å². The third-order valence-corrected chi connectivity index (χ3v) is 1.45. The predicted octanol–water partition coefficient (Wildman–Crippen LogP) is 1.89. The molecule has 0 unspecified atom stereocenters. The molecule has 0 aromatic rings. The number of unbranched alkanes of at least 4 members (excludes halogenated alkanes) is 3. The van der Waals surface area contributed by atoms with Crippen molar-refractivity contribution in [3.8, 4) is 0 Å². The van der Waals surface area contributed by atoms with Crippen LogP contribution in [0.5, 0.6) is 0 Å². The Morgan fingerprint density at radius 3 is 2.50 bits per heavy atom. The summed E-state index contributed by atoms with van der Waals surface area (Å²) in [7, 11) is 1.58. The summed E-state index contributed by atoms with van der Waals surface area (Å²) in [5, 5.41) is 0.621. The molecule has 0 saturated heterocycles. The van der Waals surface area contributed by atoms with Crippen molar-refractivity contribution in [1.29, 1.82) is 0 Å². The molecular formula is C7H17FN2. The van der Waals surface area contributed by atoms with Gasteiger partial charge in [0.25, 0.3) is 0 Å². The summed E-state index contributed by atoms with van der Waals surface area (Å²) in [4.78, 5) is 0. The molecule has 0 aromatic carbocycles. The number of hydrogen-bond donors (Lipinski definition) is 1. The molecule has 0 heterocycles. The van der Waals surface area contributed by atoms with Crippen LogP contribution < -0.4 is 5.43 Å². The van der Waals surface area contributed by atoms with Crippen molar-refractivity contribution < 1.29 is 4.48 Å². The van der Waals surface area contributed by atoms with Gasteiger partial charge in [-0.1, -0.05) is 31.4 Å². The summed E-state index contributed by atoms with van der Waals surface area (Å²) in [5.41, 5.74) is 2.41. The van der Waals surface area contributed by atoms with Gasteiger partial charge in [-0.05, 0) is 6.42 Å². The Balaban J connectivity index is 2.89. The zero-order chi connectivity index (χ0) is 7.82. The summed E-state index contributed by atoms with van der Waals surface area (Å²) in [6, 6.07) is 0. The molecule has 0 aliphatic heterocycles. The highest BCUT2D eigenvalue weighted by Gasteiger charge is 1.95. The SMILES string of the molecule is CCCCCCN(F)NC. The number of rotatable bonds is 6. The molecule has 3 heteroatoms. The molecular weight excluding hydrogens is 131 g/mol. The first-order valence-corrected chi connectivity index (χ1v) is 3.92. The van der Waals surface area contributed by atoms with Crippen LogP contribution in [0.25, 0.3) is 0 Å². The van der Waals surface area contributed by atoms with E-state index in [0.29, 0.717) is 11.8 Å². The van der Waals surface area contributed by atoms with Crippen molar-refractivity contribution in [2.75, 3.05) is 13.6 Å². The molecule has 0 fully saturated rings. The van der Waals surface area contributed by atoms with Crippen LogP contribution in [-0.2, 0) is 0 Å². The lowest BCUT2D eigenvalue weighted by atomic mass is 10.2. The van der Waals surface area contributed by atoms with Gasteiger partial charge in [-0.15, -0.1) is 4.48 Å². The Morgan fingerprint density at radius 2 is 2.00 bits per heavy atom. The minimum Gasteiger partial charge on any atom is -0.231 e. The maximum absolute atomic E-state index is 12.3. The Hall–Kier alpha value is -0.150. The highest BCUT2D eigenvalue weighted by atomic mass is 19.2. The van der Waals surface area contributed by atoms with Crippen LogP contribution in [0.4, 0.5) is 4.48 Å². The molecule has 0 aromatic heterocycles. The number of halogens is 1. The lowest BCUT2D eigenvalue weighted by molar-refractivity contribution is -0.0241. The van der Waals surface area contributed by atoms with E-state index in [2.05, 4.69) is 12.3 Å². The van der Waals surface area contributed by atoms with Crippen molar-refractivity contribution in [2.45, 2.75) is 32.6 Å². The Labute approximate surface area is 62.3 Å². The van der Waals surface area contributed by atoms with E-state index in [-0.39, 0.29) is 0 Å². The van der Waals surface area contributed by atoms with E-state index in [4.69, 9.17) is 0 Å². The second-order valence-corrected chi connectivity index (χ2v) is 2.37. The van der Waals surface area contributed by atoms with Crippen molar-refractivity contribution >= 4 is 0 Å². The van der Waals surface area contributed by atoms with E-state index in [1.165, 1.54) is 12.8 Å². The Morgan fingerprint density at radius 1 is 1.30 bits per heavy atom. The minimum atomic E-state index is 0.497. The van der Waals surface area contributed by atoms with E-state index < -0.39 is 0 Å². The maximum atomic E-state index is 12.3. The monoisotopic (exact) mass is 148 g/mol. The first kappa shape index (κ1) is 9.85. The normalized spacial score (nSPS) is 10.8. The zero-order valence-electron chi connectivity index (χ0n) is 6.86. The predicted molar refractivity (Wildman–Crippen MR) is 41.0 cm³/mol. The van der Waals surface area contributed by atoms with Crippen LogP contribution in [-0.4, -0.2) is 18.8 Å². The molecule has 2 nitrogen and oxygen atoms in total. The quantitative estimate of drug-likeness (QED) is 0.351. The zero-order valence-corrected chi connectivity index (χ0v) is 6.86. The highest BCUT2D eigenvalue weighted by molar-refractivity contribution is 4.41. The molecule has 0 spiro atoms. The second-order valence-electron chi connectivity index (χ2n) is 2.37. The van der Waals surface area contributed by atoms with Gasteiger partial charge in [0.2, 0.25) is 0 Å². The number of nitrogens with zero attached hydrogens (tertiary/aromatic N) is 1. The lowest BCUT2D eigenvalue weighted by Crippen LogP contribution is -2.27. The molecule has 1 N–H and O–H groups in total. The van der Waals surface area contributed by atoms with Gasteiger partial charge in [0.05, 0.1) is 0 Å². The Kier molecular flexibility index (Phi) is 6.86. The van der Waals surface area contributed by atoms with Crippen LogP contribution in [0, 0.1) is 0 Å². The van der Waals surface area contributed by atoms with E-state index in [0.717, 1.165) is 12.8 Å². The lowest BCUT2D eigenvalue weighted by Gasteiger charge is -2.07. The van der Waals surface area contributed by atoms with Gasteiger partial charge in [-0.3, -0.25) is 0 Å². The summed E-state index contributed by atoms with van der Waals surface area (Å²) >= 11 is 0. The molecule has 0 aliphatic rings. The molecule has 0 amide bonds. The molecule has 0 atom stereocenters. The van der Waals surface area contributed by atoms with Crippen molar-refractivity contribution in [3.63, 3.8) is 0 Å².